The zero-order valence-corrected chi connectivity index (χ0v) is 11.5. The van der Waals surface area contributed by atoms with Crippen molar-refractivity contribution in [3.8, 4) is 0 Å². The van der Waals surface area contributed by atoms with E-state index in [0.717, 1.165) is 35.5 Å². The molecule has 17 heavy (non-hydrogen) atoms. The Morgan fingerprint density at radius 1 is 1.12 bits per heavy atom. The quantitative estimate of drug-likeness (QED) is 0.596. The SMILES string of the molecule is CCC=C1C2CC(C3C=CC(C)C3)C(C2)C1C. The molecule has 3 rings (SSSR count). The Morgan fingerprint density at radius 2 is 1.88 bits per heavy atom. The van der Waals surface area contributed by atoms with E-state index in [1.165, 1.54) is 25.7 Å². The van der Waals surface area contributed by atoms with Crippen molar-refractivity contribution in [2.45, 2.75) is 46.5 Å². The molecule has 2 bridgehead atoms. The maximum atomic E-state index is 2.53. The van der Waals surface area contributed by atoms with Gasteiger partial charge in [0.1, 0.15) is 0 Å². The minimum Gasteiger partial charge on any atom is -0.0854 e. The molecule has 94 valence electrons. The number of fused-ring (bicyclic) bond motifs is 2. The summed E-state index contributed by atoms with van der Waals surface area (Å²) in [6.45, 7) is 7.14. The van der Waals surface area contributed by atoms with E-state index in [-0.39, 0.29) is 0 Å². The Balaban J connectivity index is 1.74. The predicted octanol–water partition coefficient (Wildman–Crippen LogP) is 4.83. The van der Waals surface area contributed by atoms with Gasteiger partial charge in [-0.15, -0.1) is 0 Å². The maximum absolute atomic E-state index is 2.53. The van der Waals surface area contributed by atoms with Crippen LogP contribution in [-0.2, 0) is 0 Å². The van der Waals surface area contributed by atoms with E-state index >= 15 is 0 Å². The first-order valence-electron chi connectivity index (χ1n) is 7.59. The second-order valence-corrected chi connectivity index (χ2v) is 6.66. The van der Waals surface area contributed by atoms with E-state index in [9.17, 15) is 0 Å². The minimum atomic E-state index is 0.833. The molecule has 0 nitrogen and oxygen atoms in total. The fourth-order valence-corrected chi connectivity index (χ4v) is 4.89. The molecule has 0 aromatic rings. The molecule has 2 saturated carbocycles. The van der Waals surface area contributed by atoms with Crippen LogP contribution >= 0.6 is 0 Å². The Hall–Kier alpha value is -0.520. The molecule has 0 N–H and O–H groups in total. The van der Waals surface area contributed by atoms with Crippen LogP contribution in [0, 0.1) is 35.5 Å². The zero-order chi connectivity index (χ0) is 12.0. The summed E-state index contributed by atoms with van der Waals surface area (Å²) in [7, 11) is 0. The lowest BCUT2D eigenvalue weighted by Gasteiger charge is -2.33. The molecule has 3 aliphatic carbocycles. The molecule has 0 aromatic carbocycles. The highest BCUT2D eigenvalue weighted by Gasteiger charge is 2.49. The largest absolute Gasteiger partial charge is 0.0854 e. The molecule has 0 saturated heterocycles. The van der Waals surface area contributed by atoms with Crippen molar-refractivity contribution < 1.29 is 0 Å². The standard InChI is InChI=1S/C17H26/c1-4-5-15-12(3)16-9-14(15)10-17(16)13-7-6-11(2)8-13/h5-7,11-14,16-17H,4,8-10H2,1-3H3. The van der Waals surface area contributed by atoms with Crippen molar-refractivity contribution in [3.05, 3.63) is 23.8 Å². The fraction of sp³-hybridized carbons (Fsp3) is 0.765. The van der Waals surface area contributed by atoms with Gasteiger partial charge in [0.2, 0.25) is 0 Å². The van der Waals surface area contributed by atoms with E-state index in [4.69, 9.17) is 0 Å². The minimum absolute atomic E-state index is 0.833. The fourth-order valence-electron chi connectivity index (χ4n) is 4.89. The van der Waals surface area contributed by atoms with Crippen LogP contribution in [0.5, 0.6) is 0 Å². The van der Waals surface area contributed by atoms with Gasteiger partial charge in [-0.1, -0.05) is 44.6 Å². The van der Waals surface area contributed by atoms with Crippen LogP contribution in [0.15, 0.2) is 23.8 Å². The van der Waals surface area contributed by atoms with E-state index in [1.54, 1.807) is 0 Å². The molecule has 0 amide bonds. The second kappa shape index (κ2) is 4.30. The van der Waals surface area contributed by atoms with Gasteiger partial charge in [0.15, 0.2) is 0 Å². The van der Waals surface area contributed by atoms with Gasteiger partial charge in [-0.25, -0.2) is 0 Å². The van der Waals surface area contributed by atoms with Gasteiger partial charge in [-0.2, -0.15) is 0 Å². The van der Waals surface area contributed by atoms with E-state index in [2.05, 4.69) is 39.0 Å². The van der Waals surface area contributed by atoms with Crippen LogP contribution in [0.3, 0.4) is 0 Å². The highest BCUT2D eigenvalue weighted by Crippen LogP contribution is 2.58. The van der Waals surface area contributed by atoms with Gasteiger partial charge in [-0.3, -0.25) is 0 Å². The van der Waals surface area contributed by atoms with E-state index in [1.807, 2.05) is 5.57 Å². The third-order valence-corrected chi connectivity index (χ3v) is 5.62. The second-order valence-electron chi connectivity index (χ2n) is 6.66. The molecular weight excluding hydrogens is 204 g/mol. The van der Waals surface area contributed by atoms with E-state index in [0.29, 0.717) is 0 Å². The summed E-state index contributed by atoms with van der Waals surface area (Å²) >= 11 is 0. The summed E-state index contributed by atoms with van der Waals surface area (Å²) in [6.07, 6.45) is 13.1. The molecule has 0 aromatic heterocycles. The summed E-state index contributed by atoms with van der Waals surface area (Å²) in [6, 6.07) is 0. The zero-order valence-electron chi connectivity index (χ0n) is 11.5. The summed E-state index contributed by atoms with van der Waals surface area (Å²) in [5.41, 5.74) is 1.81. The van der Waals surface area contributed by atoms with E-state index < -0.39 is 0 Å². The third kappa shape index (κ3) is 1.80. The van der Waals surface area contributed by atoms with Crippen molar-refractivity contribution in [1.29, 1.82) is 0 Å². The van der Waals surface area contributed by atoms with Crippen LogP contribution in [-0.4, -0.2) is 0 Å². The summed E-state index contributed by atoms with van der Waals surface area (Å²) in [5, 5.41) is 0. The lowest BCUT2D eigenvalue weighted by molar-refractivity contribution is 0.231. The summed E-state index contributed by atoms with van der Waals surface area (Å²) in [5.74, 6) is 5.57. The number of hydrogen-bond acceptors (Lipinski definition) is 0. The molecule has 0 heteroatoms. The highest BCUT2D eigenvalue weighted by atomic mass is 14.5. The molecule has 6 unspecified atom stereocenters. The number of allylic oxidation sites excluding steroid dienone is 4. The molecule has 2 fully saturated rings. The number of rotatable bonds is 2. The Bertz CT molecular complexity index is 345. The van der Waals surface area contributed by atoms with Crippen LogP contribution < -0.4 is 0 Å². The summed E-state index contributed by atoms with van der Waals surface area (Å²) in [4.78, 5) is 0. The van der Waals surface area contributed by atoms with Gasteiger partial charge in [0, 0.05) is 0 Å². The summed E-state index contributed by atoms with van der Waals surface area (Å²) < 4.78 is 0. The molecule has 0 spiro atoms. The van der Waals surface area contributed by atoms with Crippen molar-refractivity contribution in [2.24, 2.45) is 35.5 Å². The van der Waals surface area contributed by atoms with Gasteiger partial charge >= 0.3 is 0 Å². The average molecular weight is 230 g/mol. The molecule has 0 radical (unpaired) electrons. The average Bonchev–Trinajstić information content (AvgIpc) is 2.96. The van der Waals surface area contributed by atoms with Gasteiger partial charge in [0.05, 0.1) is 0 Å². The predicted molar refractivity (Wildman–Crippen MR) is 73.7 cm³/mol. The molecular formula is C17H26. The van der Waals surface area contributed by atoms with Crippen LogP contribution in [0.25, 0.3) is 0 Å². The van der Waals surface area contributed by atoms with Crippen molar-refractivity contribution in [1.82, 2.24) is 0 Å². The molecule has 3 aliphatic rings. The first-order valence-corrected chi connectivity index (χ1v) is 7.59. The monoisotopic (exact) mass is 230 g/mol. The lowest BCUT2D eigenvalue weighted by atomic mass is 9.72. The van der Waals surface area contributed by atoms with Gasteiger partial charge in [0.25, 0.3) is 0 Å². The van der Waals surface area contributed by atoms with Crippen LogP contribution in [0.4, 0.5) is 0 Å². The number of hydrogen-bond donors (Lipinski definition) is 0. The van der Waals surface area contributed by atoms with Crippen molar-refractivity contribution in [2.75, 3.05) is 0 Å². The first-order chi connectivity index (χ1) is 8.20. The maximum Gasteiger partial charge on any atom is -0.0195 e. The first kappa shape index (κ1) is 11.6. The lowest BCUT2D eigenvalue weighted by Crippen LogP contribution is -2.25. The Morgan fingerprint density at radius 3 is 2.47 bits per heavy atom. The molecule has 6 atom stereocenters. The highest BCUT2D eigenvalue weighted by molar-refractivity contribution is 5.23. The van der Waals surface area contributed by atoms with Crippen LogP contribution in [0.1, 0.15) is 46.5 Å². The Labute approximate surface area is 106 Å². The smallest absolute Gasteiger partial charge is 0.0195 e. The van der Waals surface area contributed by atoms with Crippen LogP contribution in [0.2, 0.25) is 0 Å². The van der Waals surface area contributed by atoms with Gasteiger partial charge < -0.3 is 0 Å². The third-order valence-electron chi connectivity index (χ3n) is 5.62. The molecule has 0 heterocycles. The van der Waals surface area contributed by atoms with Gasteiger partial charge in [-0.05, 0) is 61.2 Å². The topological polar surface area (TPSA) is 0 Å². The van der Waals surface area contributed by atoms with Crippen molar-refractivity contribution >= 4 is 0 Å². The normalized spacial score (nSPS) is 50.6. The van der Waals surface area contributed by atoms with Crippen molar-refractivity contribution in [3.63, 3.8) is 0 Å². The molecule has 0 aliphatic heterocycles. The Kier molecular flexibility index (Phi) is 2.92.